The molecule has 0 saturated carbocycles. The van der Waals surface area contributed by atoms with Crippen molar-refractivity contribution in [1.82, 2.24) is 9.88 Å². The molecule has 4 nitrogen and oxygen atoms in total. The van der Waals surface area contributed by atoms with Gasteiger partial charge >= 0.3 is 0 Å². The van der Waals surface area contributed by atoms with Crippen LogP contribution in [0.2, 0.25) is 0 Å². The summed E-state index contributed by atoms with van der Waals surface area (Å²) in [5.74, 6) is 2.19. The zero-order valence-corrected chi connectivity index (χ0v) is 14.1. The number of aryl methyl sites for hydroxylation is 2. The Morgan fingerprint density at radius 1 is 1.48 bits per heavy atom. The minimum absolute atomic E-state index is 0.0400. The molecule has 2 aromatic rings. The third-order valence-corrected chi connectivity index (χ3v) is 6.27. The summed E-state index contributed by atoms with van der Waals surface area (Å²) in [5, 5.41) is 0.933. The van der Waals surface area contributed by atoms with E-state index in [0.717, 1.165) is 39.4 Å². The zero-order chi connectivity index (χ0) is 15.1. The van der Waals surface area contributed by atoms with Gasteiger partial charge in [0.1, 0.15) is 4.88 Å². The van der Waals surface area contributed by atoms with E-state index in [0.29, 0.717) is 16.6 Å². The summed E-state index contributed by atoms with van der Waals surface area (Å²) in [6, 6.07) is 2.33. The molecule has 0 aromatic carbocycles. The Hall–Kier alpha value is -1.27. The molecule has 1 atom stereocenters. The molecule has 3 rings (SSSR count). The fourth-order valence-corrected chi connectivity index (χ4v) is 5.31. The molecule has 1 unspecified atom stereocenters. The number of fused-ring (bicyclic) bond motifs is 1. The third-order valence-electron chi connectivity index (χ3n) is 3.99. The Labute approximate surface area is 132 Å². The second-order valence-electron chi connectivity index (χ2n) is 5.50. The Kier molecular flexibility index (Phi) is 3.84. The second kappa shape index (κ2) is 5.50. The van der Waals surface area contributed by atoms with Crippen molar-refractivity contribution in [3.05, 3.63) is 22.3 Å². The van der Waals surface area contributed by atoms with Crippen LogP contribution in [0, 0.1) is 13.8 Å². The van der Waals surface area contributed by atoms with Crippen molar-refractivity contribution < 1.29 is 4.79 Å². The minimum Gasteiger partial charge on any atom is -0.397 e. The molecule has 1 saturated heterocycles. The van der Waals surface area contributed by atoms with Crippen molar-refractivity contribution in [3.63, 3.8) is 0 Å². The number of aromatic nitrogens is 1. The lowest BCUT2D eigenvalue weighted by molar-refractivity contribution is 0.0754. The summed E-state index contributed by atoms with van der Waals surface area (Å²) in [4.78, 5) is 19.7. The monoisotopic (exact) mass is 321 g/mol. The molecule has 0 aliphatic carbocycles. The van der Waals surface area contributed by atoms with Gasteiger partial charge in [-0.3, -0.25) is 9.78 Å². The predicted octanol–water partition coefficient (Wildman–Crippen LogP) is 3.07. The molecule has 3 heterocycles. The van der Waals surface area contributed by atoms with Crippen LogP contribution in [0.5, 0.6) is 0 Å². The number of rotatable bonds is 2. The summed E-state index contributed by atoms with van der Waals surface area (Å²) in [6.45, 7) is 3.91. The normalized spacial score (nSPS) is 18.3. The molecule has 0 spiro atoms. The van der Waals surface area contributed by atoms with E-state index < -0.39 is 0 Å². The number of anilines is 1. The number of thioether (sulfide) groups is 1. The van der Waals surface area contributed by atoms with Crippen LogP contribution in [0.4, 0.5) is 5.69 Å². The van der Waals surface area contributed by atoms with Crippen molar-refractivity contribution in [3.8, 4) is 0 Å². The maximum absolute atomic E-state index is 12.7. The third kappa shape index (κ3) is 2.51. The summed E-state index contributed by atoms with van der Waals surface area (Å²) in [6.07, 6.45) is 1.07. The first-order valence-corrected chi connectivity index (χ1v) is 8.97. The average molecular weight is 321 g/mol. The van der Waals surface area contributed by atoms with Crippen molar-refractivity contribution in [2.45, 2.75) is 26.3 Å². The molecular weight excluding hydrogens is 302 g/mol. The number of amides is 1. The zero-order valence-electron chi connectivity index (χ0n) is 12.5. The smallest absolute Gasteiger partial charge is 0.266 e. The van der Waals surface area contributed by atoms with Crippen molar-refractivity contribution in [2.24, 2.45) is 0 Å². The van der Waals surface area contributed by atoms with Gasteiger partial charge in [-0.2, -0.15) is 11.8 Å². The van der Waals surface area contributed by atoms with Gasteiger partial charge in [0.2, 0.25) is 0 Å². The molecule has 0 bridgehead atoms. The van der Waals surface area contributed by atoms with Crippen LogP contribution < -0.4 is 5.73 Å². The van der Waals surface area contributed by atoms with Crippen molar-refractivity contribution in [1.29, 1.82) is 0 Å². The van der Waals surface area contributed by atoms with E-state index in [1.165, 1.54) is 11.3 Å². The van der Waals surface area contributed by atoms with E-state index in [4.69, 9.17) is 5.73 Å². The van der Waals surface area contributed by atoms with Crippen LogP contribution in [0.25, 0.3) is 10.1 Å². The average Bonchev–Trinajstić information content (AvgIpc) is 3.05. The molecule has 2 N–H and O–H groups in total. The highest BCUT2D eigenvalue weighted by Gasteiger charge is 2.28. The van der Waals surface area contributed by atoms with E-state index in [2.05, 4.69) is 4.98 Å². The van der Waals surface area contributed by atoms with Gasteiger partial charge in [-0.25, -0.2) is 0 Å². The quantitative estimate of drug-likeness (QED) is 0.923. The molecule has 112 valence electrons. The van der Waals surface area contributed by atoms with Gasteiger partial charge in [0, 0.05) is 40.3 Å². The second-order valence-corrected chi connectivity index (χ2v) is 7.70. The first kappa shape index (κ1) is 14.7. The number of hydrogen-bond donors (Lipinski definition) is 1. The topological polar surface area (TPSA) is 59.2 Å². The van der Waals surface area contributed by atoms with E-state index >= 15 is 0 Å². The molecule has 1 aliphatic heterocycles. The van der Waals surface area contributed by atoms with E-state index in [9.17, 15) is 4.79 Å². The molecule has 1 fully saturated rings. The predicted molar refractivity (Wildman–Crippen MR) is 91.3 cm³/mol. The van der Waals surface area contributed by atoms with Crippen LogP contribution in [0.1, 0.15) is 27.5 Å². The number of hydrogen-bond acceptors (Lipinski definition) is 5. The number of pyridine rings is 1. The SMILES string of the molecule is Cc1cc2sc(C(=O)N(C)C3CCSC3)c(N)c2c(C)n1. The van der Waals surface area contributed by atoms with Crippen molar-refractivity contribution in [2.75, 3.05) is 24.3 Å². The van der Waals surface area contributed by atoms with Gasteiger partial charge in [-0.15, -0.1) is 11.3 Å². The first-order valence-electron chi connectivity index (χ1n) is 7.00. The van der Waals surface area contributed by atoms with Gasteiger partial charge in [-0.05, 0) is 32.1 Å². The van der Waals surface area contributed by atoms with Crippen LogP contribution in [0.3, 0.4) is 0 Å². The number of thiophene rings is 1. The van der Waals surface area contributed by atoms with Gasteiger partial charge < -0.3 is 10.6 Å². The van der Waals surface area contributed by atoms with E-state index in [1.807, 2.05) is 43.6 Å². The number of carbonyl (C=O) groups excluding carboxylic acids is 1. The number of carbonyl (C=O) groups is 1. The summed E-state index contributed by atoms with van der Waals surface area (Å²) in [5.41, 5.74) is 8.69. The molecule has 2 aromatic heterocycles. The summed E-state index contributed by atoms with van der Waals surface area (Å²) < 4.78 is 1.05. The van der Waals surface area contributed by atoms with Crippen LogP contribution in [-0.4, -0.2) is 40.4 Å². The standard InChI is InChI=1S/C15H19N3OS2/c1-8-6-11-12(9(2)17-8)13(16)14(21-11)15(19)18(3)10-4-5-20-7-10/h6,10H,4-5,7,16H2,1-3H3. The fourth-order valence-electron chi connectivity index (χ4n) is 2.79. The van der Waals surface area contributed by atoms with Gasteiger partial charge in [0.25, 0.3) is 5.91 Å². The largest absolute Gasteiger partial charge is 0.397 e. The molecule has 1 amide bonds. The minimum atomic E-state index is 0.0400. The fraction of sp³-hybridized carbons (Fsp3) is 0.467. The number of nitrogens with two attached hydrogens (primary N) is 1. The highest BCUT2D eigenvalue weighted by atomic mass is 32.2. The lowest BCUT2D eigenvalue weighted by Gasteiger charge is -2.23. The Bertz CT molecular complexity index is 704. The van der Waals surface area contributed by atoms with E-state index in [1.54, 1.807) is 0 Å². The summed E-state index contributed by atoms with van der Waals surface area (Å²) in [7, 11) is 1.89. The Morgan fingerprint density at radius 2 is 2.24 bits per heavy atom. The number of nitrogens with zero attached hydrogens (tertiary/aromatic N) is 2. The van der Waals surface area contributed by atoms with Gasteiger partial charge in [0.05, 0.1) is 5.69 Å². The van der Waals surface area contributed by atoms with E-state index in [-0.39, 0.29) is 5.91 Å². The first-order chi connectivity index (χ1) is 9.99. The van der Waals surface area contributed by atoms with Gasteiger partial charge in [-0.1, -0.05) is 0 Å². The molecule has 0 radical (unpaired) electrons. The highest BCUT2D eigenvalue weighted by molar-refractivity contribution is 7.99. The van der Waals surface area contributed by atoms with Crippen molar-refractivity contribution >= 4 is 44.8 Å². The highest BCUT2D eigenvalue weighted by Crippen LogP contribution is 2.37. The summed E-state index contributed by atoms with van der Waals surface area (Å²) >= 11 is 3.39. The molecule has 21 heavy (non-hydrogen) atoms. The molecule has 1 aliphatic rings. The van der Waals surface area contributed by atoms with Crippen LogP contribution in [-0.2, 0) is 0 Å². The van der Waals surface area contributed by atoms with Gasteiger partial charge in [0.15, 0.2) is 0 Å². The Morgan fingerprint density at radius 3 is 2.90 bits per heavy atom. The lowest BCUT2D eigenvalue weighted by Crippen LogP contribution is -2.36. The maximum atomic E-state index is 12.7. The van der Waals surface area contributed by atoms with Crippen LogP contribution in [0.15, 0.2) is 6.07 Å². The Balaban J connectivity index is 2.02. The molecule has 6 heteroatoms. The number of nitrogen functional groups attached to an aromatic ring is 1. The lowest BCUT2D eigenvalue weighted by atomic mass is 10.1. The van der Waals surface area contributed by atoms with Crippen LogP contribution >= 0.6 is 23.1 Å². The molecular formula is C15H19N3OS2. The maximum Gasteiger partial charge on any atom is 0.266 e.